The lowest BCUT2D eigenvalue weighted by atomic mass is 9.81. The van der Waals surface area contributed by atoms with Crippen molar-refractivity contribution in [3.05, 3.63) is 0 Å². The summed E-state index contributed by atoms with van der Waals surface area (Å²) in [6.45, 7) is 4.59. The predicted molar refractivity (Wildman–Crippen MR) is 56.7 cm³/mol. The largest absolute Gasteiger partial charge is 0.393 e. The molecule has 0 bridgehead atoms. The fourth-order valence-electron chi connectivity index (χ4n) is 2.40. The lowest BCUT2D eigenvalue weighted by molar-refractivity contribution is 0.101. The zero-order valence-electron chi connectivity index (χ0n) is 9.13. The van der Waals surface area contributed by atoms with Gasteiger partial charge in [-0.1, -0.05) is 46.0 Å². The fourth-order valence-corrected chi connectivity index (χ4v) is 2.40. The third kappa shape index (κ3) is 3.68. The molecule has 3 unspecified atom stereocenters. The summed E-state index contributed by atoms with van der Waals surface area (Å²) < 4.78 is 0. The molecule has 0 heterocycles. The summed E-state index contributed by atoms with van der Waals surface area (Å²) in [4.78, 5) is 0. The smallest absolute Gasteiger partial charge is 0.0543 e. The first-order valence-electron chi connectivity index (χ1n) is 5.92. The van der Waals surface area contributed by atoms with Gasteiger partial charge in [0.05, 0.1) is 6.10 Å². The third-order valence-corrected chi connectivity index (χ3v) is 3.64. The van der Waals surface area contributed by atoms with Crippen LogP contribution in [0.4, 0.5) is 0 Å². The Bertz CT molecular complexity index is 133. The zero-order valence-corrected chi connectivity index (χ0v) is 9.13. The molecule has 1 N–H and O–H groups in total. The molecule has 1 fully saturated rings. The monoisotopic (exact) mass is 184 g/mol. The number of rotatable bonds is 2. The number of aliphatic hydroxyl groups excluding tert-OH is 1. The van der Waals surface area contributed by atoms with E-state index in [0.29, 0.717) is 0 Å². The summed E-state index contributed by atoms with van der Waals surface area (Å²) in [5.41, 5.74) is 0. The molecule has 0 aromatic carbocycles. The number of aliphatic hydroxyl groups is 1. The van der Waals surface area contributed by atoms with Gasteiger partial charge >= 0.3 is 0 Å². The van der Waals surface area contributed by atoms with E-state index in [4.69, 9.17) is 0 Å². The Morgan fingerprint density at radius 3 is 2.62 bits per heavy atom. The molecule has 0 radical (unpaired) electrons. The van der Waals surface area contributed by atoms with Crippen LogP contribution < -0.4 is 0 Å². The van der Waals surface area contributed by atoms with Gasteiger partial charge < -0.3 is 5.11 Å². The summed E-state index contributed by atoms with van der Waals surface area (Å²) in [7, 11) is 0. The molecule has 0 amide bonds. The van der Waals surface area contributed by atoms with E-state index >= 15 is 0 Å². The van der Waals surface area contributed by atoms with Crippen molar-refractivity contribution < 1.29 is 5.11 Å². The second kappa shape index (κ2) is 5.64. The fraction of sp³-hybridized carbons (Fsp3) is 1.00. The first kappa shape index (κ1) is 11.0. The molecule has 78 valence electrons. The molecule has 1 aliphatic rings. The molecule has 1 heteroatoms. The molecule has 0 aliphatic heterocycles. The third-order valence-electron chi connectivity index (χ3n) is 3.64. The summed E-state index contributed by atoms with van der Waals surface area (Å²) in [5.74, 6) is 1.58. The van der Waals surface area contributed by atoms with Gasteiger partial charge in [0.1, 0.15) is 0 Å². The van der Waals surface area contributed by atoms with E-state index in [1.54, 1.807) is 0 Å². The molecule has 0 saturated heterocycles. The van der Waals surface area contributed by atoms with Crippen LogP contribution in [0.25, 0.3) is 0 Å². The minimum absolute atomic E-state index is 0.0145. The maximum absolute atomic E-state index is 9.73. The maximum Gasteiger partial charge on any atom is 0.0543 e. The van der Waals surface area contributed by atoms with Crippen molar-refractivity contribution in [3.63, 3.8) is 0 Å². The molecule has 1 rings (SSSR count). The summed E-state index contributed by atoms with van der Waals surface area (Å²) >= 11 is 0. The topological polar surface area (TPSA) is 20.2 Å². The van der Waals surface area contributed by atoms with Crippen molar-refractivity contribution >= 4 is 0 Å². The van der Waals surface area contributed by atoms with Crippen molar-refractivity contribution in [1.29, 1.82) is 0 Å². The van der Waals surface area contributed by atoms with Crippen molar-refractivity contribution in [2.75, 3.05) is 0 Å². The SMILES string of the molecule is CCC(C)C1CCCCCC(O)C1. The van der Waals surface area contributed by atoms with E-state index in [0.717, 1.165) is 24.7 Å². The van der Waals surface area contributed by atoms with Crippen LogP contribution in [-0.2, 0) is 0 Å². The van der Waals surface area contributed by atoms with E-state index in [1.165, 1.54) is 32.1 Å². The molecular weight excluding hydrogens is 160 g/mol. The van der Waals surface area contributed by atoms with Crippen LogP contribution in [0, 0.1) is 11.8 Å². The van der Waals surface area contributed by atoms with Gasteiger partial charge in [0, 0.05) is 0 Å². The predicted octanol–water partition coefficient (Wildman–Crippen LogP) is 3.36. The lowest BCUT2D eigenvalue weighted by Gasteiger charge is -2.27. The van der Waals surface area contributed by atoms with E-state index in [9.17, 15) is 5.11 Å². The summed E-state index contributed by atoms with van der Waals surface area (Å²) in [5, 5.41) is 9.73. The Labute approximate surface area is 82.5 Å². The van der Waals surface area contributed by atoms with Crippen LogP contribution in [0.5, 0.6) is 0 Å². The molecule has 1 saturated carbocycles. The highest BCUT2D eigenvalue weighted by Crippen LogP contribution is 2.29. The van der Waals surface area contributed by atoms with E-state index in [2.05, 4.69) is 13.8 Å². The first-order valence-corrected chi connectivity index (χ1v) is 5.92. The average molecular weight is 184 g/mol. The van der Waals surface area contributed by atoms with Crippen LogP contribution >= 0.6 is 0 Å². The average Bonchev–Trinajstić information content (AvgIpc) is 2.10. The van der Waals surface area contributed by atoms with Gasteiger partial charge in [0.25, 0.3) is 0 Å². The molecule has 13 heavy (non-hydrogen) atoms. The van der Waals surface area contributed by atoms with Gasteiger partial charge in [-0.05, 0) is 24.7 Å². The lowest BCUT2D eigenvalue weighted by Crippen LogP contribution is -2.20. The standard InChI is InChI=1S/C12H24O/c1-3-10(2)11-7-5-4-6-8-12(13)9-11/h10-13H,3-9H2,1-2H3. The maximum atomic E-state index is 9.73. The van der Waals surface area contributed by atoms with Gasteiger partial charge in [-0.25, -0.2) is 0 Å². The van der Waals surface area contributed by atoms with Crippen molar-refractivity contribution in [3.8, 4) is 0 Å². The van der Waals surface area contributed by atoms with Crippen LogP contribution in [0.3, 0.4) is 0 Å². The first-order chi connectivity index (χ1) is 6.24. The second-order valence-corrected chi connectivity index (χ2v) is 4.67. The minimum atomic E-state index is -0.0145. The quantitative estimate of drug-likeness (QED) is 0.697. The Hall–Kier alpha value is -0.0400. The zero-order chi connectivity index (χ0) is 9.68. The van der Waals surface area contributed by atoms with Crippen molar-refractivity contribution in [1.82, 2.24) is 0 Å². The molecular formula is C12H24O. The van der Waals surface area contributed by atoms with E-state index in [1.807, 2.05) is 0 Å². The molecule has 1 nitrogen and oxygen atoms in total. The molecule has 0 spiro atoms. The van der Waals surface area contributed by atoms with Gasteiger partial charge in [-0.2, -0.15) is 0 Å². The Kier molecular flexibility index (Phi) is 4.79. The van der Waals surface area contributed by atoms with Crippen LogP contribution in [-0.4, -0.2) is 11.2 Å². The summed E-state index contributed by atoms with van der Waals surface area (Å²) in [6, 6.07) is 0. The molecule has 3 atom stereocenters. The van der Waals surface area contributed by atoms with Crippen LogP contribution in [0.2, 0.25) is 0 Å². The highest BCUT2D eigenvalue weighted by Gasteiger charge is 2.20. The van der Waals surface area contributed by atoms with E-state index < -0.39 is 0 Å². The number of hydrogen-bond donors (Lipinski definition) is 1. The molecule has 0 aromatic rings. The minimum Gasteiger partial charge on any atom is -0.393 e. The molecule has 0 aromatic heterocycles. The summed E-state index contributed by atoms with van der Waals surface area (Å²) in [6.07, 6.45) is 8.60. The van der Waals surface area contributed by atoms with E-state index in [-0.39, 0.29) is 6.10 Å². The van der Waals surface area contributed by atoms with Crippen molar-refractivity contribution in [2.45, 2.75) is 64.9 Å². The van der Waals surface area contributed by atoms with Gasteiger partial charge in [-0.15, -0.1) is 0 Å². The van der Waals surface area contributed by atoms with Crippen LogP contribution in [0.15, 0.2) is 0 Å². The van der Waals surface area contributed by atoms with Crippen molar-refractivity contribution in [2.24, 2.45) is 11.8 Å². The molecule has 1 aliphatic carbocycles. The van der Waals surface area contributed by atoms with Gasteiger partial charge in [0.2, 0.25) is 0 Å². The Morgan fingerprint density at radius 1 is 1.23 bits per heavy atom. The highest BCUT2D eigenvalue weighted by atomic mass is 16.3. The number of hydrogen-bond acceptors (Lipinski definition) is 1. The highest BCUT2D eigenvalue weighted by molar-refractivity contribution is 4.72. The van der Waals surface area contributed by atoms with Gasteiger partial charge in [-0.3, -0.25) is 0 Å². The van der Waals surface area contributed by atoms with Crippen LogP contribution in [0.1, 0.15) is 58.8 Å². The Balaban J connectivity index is 2.40. The second-order valence-electron chi connectivity index (χ2n) is 4.67. The Morgan fingerprint density at radius 2 is 1.92 bits per heavy atom. The normalized spacial score (nSPS) is 33.5. The van der Waals surface area contributed by atoms with Gasteiger partial charge in [0.15, 0.2) is 0 Å².